The molecule has 1 rings (SSSR count). The Kier molecular flexibility index (Phi) is 3.82. The van der Waals surface area contributed by atoms with Crippen LogP contribution in [0.25, 0.3) is 0 Å². The maximum atomic E-state index is 11.5. The Morgan fingerprint density at radius 2 is 2.12 bits per heavy atom. The van der Waals surface area contributed by atoms with Crippen LogP contribution in [0.2, 0.25) is 0 Å². The van der Waals surface area contributed by atoms with Gasteiger partial charge in [-0.2, -0.15) is 0 Å². The molecule has 0 bridgehead atoms. The first kappa shape index (κ1) is 12.9. The van der Waals surface area contributed by atoms with E-state index in [0.29, 0.717) is 12.8 Å². The van der Waals surface area contributed by atoms with Crippen LogP contribution in [0.4, 0.5) is 4.79 Å². The van der Waals surface area contributed by atoms with Gasteiger partial charge in [0, 0.05) is 12.0 Å². The highest BCUT2D eigenvalue weighted by molar-refractivity contribution is 5.68. The van der Waals surface area contributed by atoms with Crippen LogP contribution in [0.3, 0.4) is 0 Å². The Morgan fingerprint density at radius 1 is 1.50 bits per heavy atom. The summed E-state index contributed by atoms with van der Waals surface area (Å²) in [7, 11) is 0. The van der Waals surface area contributed by atoms with Crippen molar-refractivity contribution in [3.8, 4) is 12.3 Å². The second-order valence-electron chi connectivity index (χ2n) is 5.15. The van der Waals surface area contributed by atoms with Gasteiger partial charge in [0.25, 0.3) is 0 Å². The summed E-state index contributed by atoms with van der Waals surface area (Å²) < 4.78 is 5.13. The Morgan fingerprint density at radius 3 is 2.62 bits per heavy atom. The summed E-state index contributed by atoms with van der Waals surface area (Å²) in [5.41, 5.74) is -0.521. The lowest BCUT2D eigenvalue weighted by atomic mass is 10.1. The number of amides is 1. The topological polar surface area (TPSA) is 58.6 Å². The summed E-state index contributed by atoms with van der Waals surface area (Å²) in [5, 5.41) is 12.2. The molecule has 16 heavy (non-hydrogen) atoms. The predicted molar refractivity (Wildman–Crippen MR) is 60.7 cm³/mol. The van der Waals surface area contributed by atoms with E-state index >= 15 is 0 Å². The Hall–Kier alpha value is -1.21. The van der Waals surface area contributed by atoms with Gasteiger partial charge in [-0.15, -0.1) is 12.3 Å². The second-order valence-corrected chi connectivity index (χ2v) is 5.15. The number of aliphatic hydroxyl groups is 1. The third-order valence-electron chi connectivity index (χ3n) is 2.45. The minimum absolute atomic E-state index is 0.109. The zero-order valence-corrected chi connectivity index (χ0v) is 9.99. The Labute approximate surface area is 96.4 Å². The molecule has 3 atom stereocenters. The van der Waals surface area contributed by atoms with Gasteiger partial charge in [-0.25, -0.2) is 4.79 Å². The van der Waals surface area contributed by atoms with Crippen LogP contribution >= 0.6 is 0 Å². The van der Waals surface area contributed by atoms with E-state index in [2.05, 4.69) is 11.2 Å². The summed E-state index contributed by atoms with van der Waals surface area (Å²) in [6.07, 6.45) is 5.46. The smallest absolute Gasteiger partial charge is 0.407 e. The van der Waals surface area contributed by atoms with Gasteiger partial charge in [0.1, 0.15) is 5.60 Å². The summed E-state index contributed by atoms with van der Waals surface area (Å²) >= 11 is 0. The molecule has 0 unspecified atom stereocenters. The molecule has 90 valence electrons. The number of alkyl carbamates (subject to hydrolysis) is 1. The molecule has 1 aliphatic carbocycles. The largest absolute Gasteiger partial charge is 0.444 e. The molecule has 0 saturated heterocycles. The molecule has 0 aromatic heterocycles. The van der Waals surface area contributed by atoms with Crippen molar-refractivity contribution in [3.63, 3.8) is 0 Å². The molecule has 4 heteroatoms. The quantitative estimate of drug-likeness (QED) is 0.661. The van der Waals surface area contributed by atoms with Gasteiger partial charge < -0.3 is 15.2 Å². The van der Waals surface area contributed by atoms with E-state index < -0.39 is 17.8 Å². The van der Waals surface area contributed by atoms with Crippen molar-refractivity contribution in [3.05, 3.63) is 0 Å². The van der Waals surface area contributed by atoms with Gasteiger partial charge >= 0.3 is 6.09 Å². The molecule has 0 aromatic rings. The number of hydrogen-bond donors (Lipinski definition) is 2. The Bertz CT molecular complexity index is 300. The van der Waals surface area contributed by atoms with Gasteiger partial charge in [0.15, 0.2) is 0 Å². The molecule has 0 spiro atoms. The number of hydrogen-bond acceptors (Lipinski definition) is 3. The Balaban J connectivity index is 2.48. The van der Waals surface area contributed by atoms with Crippen molar-refractivity contribution >= 4 is 6.09 Å². The van der Waals surface area contributed by atoms with Crippen molar-refractivity contribution in [2.24, 2.45) is 5.92 Å². The number of rotatable bonds is 1. The zero-order chi connectivity index (χ0) is 12.3. The highest BCUT2D eigenvalue weighted by atomic mass is 16.6. The van der Waals surface area contributed by atoms with Crippen molar-refractivity contribution in [2.45, 2.75) is 51.4 Å². The summed E-state index contributed by atoms with van der Waals surface area (Å²) in [6, 6.07) is -0.185. The van der Waals surface area contributed by atoms with E-state index in [1.165, 1.54) is 0 Å². The van der Waals surface area contributed by atoms with Crippen molar-refractivity contribution in [1.29, 1.82) is 0 Å². The molecule has 4 nitrogen and oxygen atoms in total. The summed E-state index contributed by atoms with van der Waals surface area (Å²) in [6.45, 7) is 5.40. The number of ether oxygens (including phenoxy) is 1. The molecule has 1 saturated carbocycles. The molecular formula is C12H19NO3. The molecule has 0 aliphatic heterocycles. The lowest BCUT2D eigenvalue weighted by molar-refractivity contribution is 0.0496. The maximum absolute atomic E-state index is 11.5. The number of nitrogens with one attached hydrogen (secondary N) is 1. The van der Waals surface area contributed by atoms with Crippen LogP contribution < -0.4 is 5.32 Å². The molecule has 1 aliphatic rings. The lowest BCUT2D eigenvalue weighted by Gasteiger charge is -2.22. The lowest BCUT2D eigenvalue weighted by Crippen LogP contribution is -2.40. The molecule has 0 aromatic carbocycles. The van der Waals surface area contributed by atoms with Gasteiger partial charge in [-0.05, 0) is 33.6 Å². The second kappa shape index (κ2) is 4.75. The SMILES string of the molecule is C#C[C@H]1C[C@H](O)C[C@@H]1NC(=O)OC(C)(C)C. The first-order chi connectivity index (χ1) is 7.31. The minimum Gasteiger partial charge on any atom is -0.444 e. The van der Waals surface area contributed by atoms with Crippen molar-refractivity contribution in [1.82, 2.24) is 5.32 Å². The van der Waals surface area contributed by atoms with Crippen LogP contribution in [0, 0.1) is 18.3 Å². The summed E-state index contributed by atoms with van der Waals surface area (Å²) in [5.74, 6) is 2.47. The van der Waals surface area contributed by atoms with E-state index in [1.807, 2.05) is 0 Å². The van der Waals surface area contributed by atoms with Crippen LogP contribution in [-0.2, 0) is 4.74 Å². The van der Waals surface area contributed by atoms with E-state index in [1.54, 1.807) is 20.8 Å². The number of carbonyl (C=O) groups excluding carboxylic acids is 1. The number of terminal acetylenes is 1. The predicted octanol–water partition coefficient (Wildman–Crippen LogP) is 1.28. The normalized spacial score (nSPS) is 29.6. The third-order valence-corrected chi connectivity index (χ3v) is 2.45. The molecule has 1 fully saturated rings. The average Bonchev–Trinajstić information content (AvgIpc) is 2.42. The first-order valence-electron chi connectivity index (χ1n) is 5.45. The third kappa shape index (κ3) is 3.74. The van der Waals surface area contributed by atoms with E-state index in [9.17, 15) is 9.90 Å². The van der Waals surface area contributed by atoms with Crippen molar-refractivity contribution < 1.29 is 14.6 Å². The van der Waals surface area contributed by atoms with Crippen molar-refractivity contribution in [2.75, 3.05) is 0 Å². The molecule has 2 N–H and O–H groups in total. The van der Waals surface area contributed by atoms with E-state index in [-0.39, 0.29) is 12.0 Å². The molecule has 0 radical (unpaired) electrons. The molecular weight excluding hydrogens is 206 g/mol. The fourth-order valence-corrected chi connectivity index (χ4v) is 1.81. The average molecular weight is 225 g/mol. The number of aliphatic hydroxyl groups excluding tert-OH is 1. The molecule has 0 heterocycles. The molecule has 1 amide bonds. The monoisotopic (exact) mass is 225 g/mol. The first-order valence-corrected chi connectivity index (χ1v) is 5.45. The zero-order valence-electron chi connectivity index (χ0n) is 9.99. The highest BCUT2D eigenvalue weighted by Gasteiger charge is 2.34. The van der Waals surface area contributed by atoms with Crippen LogP contribution in [0.1, 0.15) is 33.6 Å². The fourth-order valence-electron chi connectivity index (χ4n) is 1.81. The van der Waals surface area contributed by atoms with Gasteiger partial charge in [-0.1, -0.05) is 0 Å². The standard InChI is InChI=1S/C12H19NO3/c1-5-8-6-9(14)7-10(8)13-11(15)16-12(2,3)4/h1,8-10,14H,6-7H2,2-4H3,(H,13,15)/t8-,9-,10-/m0/s1. The van der Waals surface area contributed by atoms with Crippen LogP contribution in [-0.4, -0.2) is 28.9 Å². The van der Waals surface area contributed by atoms with Crippen LogP contribution in [0.5, 0.6) is 0 Å². The van der Waals surface area contributed by atoms with Gasteiger partial charge in [-0.3, -0.25) is 0 Å². The van der Waals surface area contributed by atoms with Gasteiger partial charge in [0.05, 0.1) is 6.10 Å². The highest BCUT2D eigenvalue weighted by Crippen LogP contribution is 2.25. The van der Waals surface area contributed by atoms with Gasteiger partial charge in [0.2, 0.25) is 0 Å². The van der Waals surface area contributed by atoms with Crippen LogP contribution in [0.15, 0.2) is 0 Å². The van der Waals surface area contributed by atoms with E-state index in [4.69, 9.17) is 11.2 Å². The summed E-state index contributed by atoms with van der Waals surface area (Å²) in [4.78, 5) is 11.5. The minimum atomic E-state index is -0.521. The fraction of sp³-hybridized carbons (Fsp3) is 0.750. The van der Waals surface area contributed by atoms with E-state index in [0.717, 1.165) is 0 Å². The maximum Gasteiger partial charge on any atom is 0.407 e. The number of carbonyl (C=O) groups is 1.